The molecule has 1 heterocycles. The summed E-state index contributed by atoms with van der Waals surface area (Å²) in [5.74, 6) is 2.71. The Bertz CT molecular complexity index is 347. The molecule has 5 nitrogen and oxygen atoms in total. The Morgan fingerprint density at radius 2 is 1.86 bits per heavy atom. The fourth-order valence-electron chi connectivity index (χ4n) is 3.35. The summed E-state index contributed by atoms with van der Waals surface area (Å²) in [4.78, 5) is 9.07. The molecule has 0 radical (unpaired) electrons. The number of aliphatic imine (C=N–C) groups is 1. The summed E-state index contributed by atoms with van der Waals surface area (Å²) < 4.78 is 5.44. The van der Waals surface area contributed by atoms with Crippen LogP contribution in [0.25, 0.3) is 0 Å². The molecule has 22 heavy (non-hydrogen) atoms. The van der Waals surface area contributed by atoms with E-state index in [2.05, 4.69) is 41.3 Å². The molecule has 2 rings (SSSR count). The number of hydrogen-bond donors (Lipinski definition) is 1. The molecule has 1 N–H and O–H groups in total. The smallest absolute Gasteiger partial charge is 0.193 e. The molecular formula is C17H34N4O. The SMILES string of the molecule is CN=C(NCC(C1CC1)N(C)C)N(C)CCC1CCOCC1. The molecule has 0 bridgehead atoms. The Balaban J connectivity index is 1.72. The minimum Gasteiger partial charge on any atom is -0.381 e. The van der Waals surface area contributed by atoms with Gasteiger partial charge in [0.15, 0.2) is 5.96 Å². The van der Waals surface area contributed by atoms with Crippen LogP contribution in [0.5, 0.6) is 0 Å². The van der Waals surface area contributed by atoms with Crippen LogP contribution in [0.3, 0.4) is 0 Å². The lowest BCUT2D eigenvalue weighted by molar-refractivity contribution is 0.0625. The zero-order valence-corrected chi connectivity index (χ0v) is 14.8. The van der Waals surface area contributed by atoms with E-state index < -0.39 is 0 Å². The van der Waals surface area contributed by atoms with Crippen molar-refractivity contribution < 1.29 is 4.74 Å². The minimum atomic E-state index is 0.626. The molecule has 0 spiro atoms. The third-order valence-corrected chi connectivity index (χ3v) is 5.09. The lowest BCUT2D eigenvalue weighted by atomic mass is 9.96. The maximum Gasteiger partial charge on any atom is 0.193 e. The van der Waals surface area contributed by atoms with Crippen molar-refractivity contribution >= 4 is 5.96 Å². The maximum absolute atomic E-state index is 5.44. The van der Waals surface area contributed by atoms with E-state index >= 15 is 0 Å². The average molecular weight is 310 g/mol. The van der Waals surface area contributed by atoms with E-state index in [9.17, 15) is 0 Å². The van der Waals surface area contributed by atoms with E-state index in [0.717, 1.165) is 44.1 Å². The molecule has 1 saturated heterocycles. The van der Waals surface area contributed by atoms with Crippen molar-refractivity contribution in [3.8, 4) is 0 Å². The summed E-state index contributed by atoms with van der Waals surface area (Å²) in [5, 5.41) is 3.57. The summed E-state index contributed by atoms with van der Waals surface area (Å²) in [6, 6.07) is 0.626. The van der Waals surface area contributed by atoms with E-state index in [1.165, 1.54) is 32.1 Å². The van der Waals surface area contributed by atoms with Gasteiger partial charge in [-0.05, 0) is 58.0 Å². The van der Waals surface area contributed by atoms with Crippen molar-refractivity contribution in [1.82, 2.24) is 15.1 Å². The molecular weight excluding hydrogens is 276 g/mol. The molecule has 0 aromatic heterocycles. The monoisotopic (exact) mass is 310 g/mol. The van der Waals surface area contributed by atoms with Gasteiger partial charge < -0.3 is 19.9 Å². The molecule has 0 amide bonds. The predicted octanol–water partition coefficient (Wildman–Crippen LogP) is 1.65. The van der Waals surface area contributed by atoms with Crippen molar-refractivity contribution in [2.75, 3.05) is 54.5 Å². The Kier molecular flexibility index (Phi) is 6.96. The minimum absolute atomic E-state index is 0.626. The first kappa shape index (κ1) is 17.5. The molecule has 1 aliphatic carbocycles. The second-order valence-corrected chi connectivity index (χ2v) is 7.06. The van der Waals surface area contributed by atoms with Gasteiger partial charge in [0.25, 0.3) is 0 Å². The number of nitrogens with one attached hydrogen (secondary N) is 1. The van der Waals surface area contributed by atoms with Crippen LogP contribution in [0, 0.1) is 11.8 Å². The molecule has 1 atom stereocenters. The third-order valence-electron chi connectivity index (χ3n) is 5.09. The summed E-state index contributed by atoms with van der Waals surface area (Å²) in [5.41, 5.74) is 0. The first-order valence-electron chi connectivity index (χ1n) is 8.77. The molecule has 5 heteroatoms. The highest BCUT2D eigenvalue weighted by molar-refractivity contribution is 5.79. The zero-order chi connectivity index (χ0) is 15.9. The van der Waals surface area contributed by atoms with Crippen LogP contribution in [-0.2, 0) is 4.74 Å². The molecule has 0 aromatic rings. The van der Waals surface area contributed by atoms with Gasteiger partial charge in [0.05, 0.1) is 0 Å². The Morgan fingerprint density at radius 1 is 1.18 bits per heavy atom. The zero-order valence-electron chi connectivity index (χ0n) is 14.8. The maximum atomic E-state index is 5.44. The largest absolute Gasteiger partial charge is 0.381 e. The van der Waals surface area contributed by atoms with Crippen LogP contribution >= 0.6 is 0 Å². The summed E-state index contributed by atoms with van der Waals surface area (Å²) in [7, 11) is 8.40. The Hall–Kier alpha value is -0.810. The topological polar surface area (TPSA) is 40.1 Å². The van der Waals surface area contributed by atoms with Crippen molar-refractivity contribution in [3.63, 3.8) is 0 Å². The Morgan fingerprint density at radius 3 is 2.41 bits per heavy atom. The number of hydrogen-bond acceptors (Lipinski definition) is 3. The average Bonchev–Trinajstić information content (AvgIpc) is 3.34. The number of rotatable bonds is 7. The van der Waals surface area contributed by atoms with Crippen molar-refractivity contribution in [2.45, 2.75) is 38.1 Å². The summed E-state index contributed by atoms with van der Waals surface area (Å²) >= 11 is 0. The van der Waals surface area contributed by atoms with Crippen LogP contribution in [0.15, 0.2) is 4.99 Å². The van der Waals surface area contributed by atoms with Gasteiger partial charge in [-0.1, -0.05) is 0 Å². The van der Waals surface area contributed by atoms with Gasteiger partial charge in [0.2, 0.25) is 0 Å². The van der Waals surface area contributed by atoms with Crippen LogP contribution < -0.4 is 5.32 Å². The van der Waals surface area contributed by atoms with Gasteiger partial charge >= 0.3 is 0 Å². The molecule has 128 valence electrons. The van der Waals surface area contributed by atoms with E-state index in [4.69, 9.17) is 4.74 Å². The number of likely N-dealkylation sites (N-methyl/N-ethyl adjacent to an activating group) is 1. The summed E-state index contributed by atoms with van der Waals surface area (Å²) in [6.45, 7) is 3.94. The van der Waals surface area contributed by atoms with Crippen molar-refractivity contribution in [1.29, 1.82) is 0 Å². The van der Waals surface area contributed by atoms with Crippen LogP contribution in [0.4, 0.5) is 0 Å². The first-order valence-corrected chi connectivity index (χ1v) is 8.77. The van der Waals surface area contributed by atoms with Gasteiger partial charge in [-0.15, -0.1) is 0 Å². The molecule has 2 aliphatic rings. The Labute approximate surface area is 136 Å². The van der Waals surface area contributed by atoms with Crippen LogP contribution in [0.1, 0.15) is 32.1 Å². The van der Waals surface area contributed by atoms with Crippen LogP contribution in [-0.4, -0.2) is 76.3 Å². The number of nitrogens with zero attached hydrogens (tertiary/aromatic N) is 3. The second-order valence-electron chi connectivity index (χ2n) is 7.06. The van der Waals surface area contributed by atoms with Gasteiger partial charge in [-0.3, -0.25) is 4.99 Å². The standard InChI is InChI=1S/C17H34N4O/c1-18-17(19-13-16(20(2)3)15-5-6-15)21(4)10-7-14-8-11-22-12-9-14/h14-16H,5-13H2,1-4H3,(H,18,19). The van der Waals surface area contributed by atoms with Gasteiger partial charge in [0, 0.05) is 46.4 Å². The lowest BCUT2D eigenvalue weighted by Crippen LogP contribution is -2.47. The van der Waals surface area contributed by atoms with Crippen molar-refractivity contribution in [3.05, 3.63) is 0 Å². The quantitative estimate of drug-likeness (QED) is 0.573. The number of guanidine groups is 1. The highest BCUT2D eigenvalue weighted by Crippen LogP contribution is 2.34. The van der Waals surface area contributed by atoms with E-state index in [1.54, 1.807) is 0 Å². The van der Waals surface area contributed by atoms with E-state index in [1.807, 2.05) is 7.05 Å². The molecule has 1 unspecified atom stereocenters. The molecule has 2 fully saturated rings. The summed E-state index contributed by atoms with van der Waals surface area (Å²) in [6.07, 6.45) is 6.42. The van der Waals surface area contributed by atoms with Gasteiger partial charge in [-0.2, -0.15) is 0 Å². The van der Waals surface area contributed by atoms with E-state index in [-0.39, 0.29) is 0 Å². The first-order chi connectivity index (χ1) is 10.6. The molecule has 0 aromatic carbocycles. The van der Waals surface area contributed by atoms with E-state index in [0.29, 0.717) is 6.04 Å². The predicted molar refractivity (Wildman–Crippen MR) is 92.4 cm³/mol. The number of ether oxygens (including phenoxy) is 1. The molecule has 1 saturated carbocycles. The normalized spacial score (nSPS) is 22.0. The fourth-order valence-corrected chi connectivity index (χ4v) is 3.35. The van der Waals surface area contributed by atoms with Crippen LogP contribution in [0.2, 0.25) is 0 Å². The highest BCUT2D eigenvalue weighted by Gasteiger charge is 2.32. The lowest BCUT2D eigenvalue weighted by Gasteiger charge is -2.29. The van der Waals surface area contributed by atoms with Crippen molar-refractivity contribution in [2.24, 2.45) is 16.8 Å². The van der Waals surface area contributed by atoms with Gasteiger partial charge in [-0.25, -0.2) is 0 Å². The molecule has 1 aliphatic heterocycles. The fraction of sp³-hybridized carbons (Fsp3) is 0.941. The second kappa shape index (κ2) is 8.73. The third kappa shape index (κ3) is 5.43. The highest BCUT2D eigenvalue weighted by atomic mass is 16.5. The van der Waals surface area contributed by atoms with Gasteiger partial charge in [0.1, 0.15) is 0 Å².